The van der Waals surface area contributed by atoms with Crippen molar-refractivity contribution in [1.29, 1.82) is 0 Å². The Morgan fingerprint density at radius 1 is 0.846 bits per heavy atom. The van der Waals surface area contributed by atoms with Crippen LogP contribution in [0.4, 0.5) is 37.7 Å². The topological polar surface area (TPSA) is 51.2 Å². The van der Waals surface area contributed by atoms with Gasteiger partial charge in [0.25, 0.3) is 0 Å². The van der Waals surface area contributed by atoms with Crippen molar-refractivity contribution in [3.8, 4) is 5.75 Å². The third-order valence-electron chi connectivity index (χ3n) is 7.28. The van der Waals surface area contributed by atoms with Gasteiger partial charge in [-0.3, -0.25) is 9.80 Å². The summed E-state index contributed by atoms with van der Waals surface area (Å²) in [6, 6.07) is 11.1. The molecule has 0 bridgehead atoms. The van der Waals surface area contributed by atoms with Gasteiger partial charge in [0.2, 0.25) is 0 Å². The van der Waals surface area contributed by atoms with Gasteiger partial charge in [-0.25, -0.2) is 0 Å². The number of hydrogen-bond acceptors (Lipinski definition) is 6. The lowest BCUT2D eigenvalue weighted by atomic mass is 10.0. The van der Waals surface area contributed by atoms with Gasteiger partial charge in [0.1, 0.15) is 12.0 Å². The molecule has 0 saturated carbocycles. The van der Waals surface area contributed by atoms with Crippen LogP contribution in [0.15, 0.2) is 48.5 Å². The van der Waals surface area contributed by atoms with Gasteiger partial charge in [-0.15, -0.1) is 13.2 Å². The van der Waals surface area contributed by atoms with Crippen molar-refractivity contribution in [2.75, 3.05) is 56.0 Å². The van der Waals surface area contributed by atoms with Crippen LogP contribution in [0.5, 0.6) is 5.75 Å². The van der Waals surface area contributed by atoms with Crippen molar-refractivity contribution < 1.29 is 36.2 Å². The van der Waals surface area contributed by atoms with Gasteiger partial charge in [-0.1, -0.05) is 0 Å². The highest BCUT2D eigenvalue weighted by Gasteiger charge is 2.31. The molecule has 0 aliphatic carbocycles. The van der Waals surface area contributed by atoms with E-state index in [4.69, 9.17) is 0 Å². The van der Waals surface area contributed by atoms with Crippen molar-refractivity contribution in [1.82, 2.24) is 9.80 Å². The van der Waals surface area contributed by atoms with E-state index in [2.05, 4.69) is 24.8 Å². The average Bonchev–Trinajstić information content (AvgIpc) is 2.89. The predicted octanol–water partition coefficient (Wildman–Crippen LogP) is 5.40. The fourth-order valence-electron chi connectivity index (χ4n) is 5.10. The number of piperazine rings is 1. The zero-order chi connectivity index (χ0) is 28.0. The van der Waals surface area contributed by atoms with E-state index in [1.807, 2.05) is 0 Å². The Labute approximate surface area is 224 Å². The molecule has 2 N–H and O–H groups in total. The van der Waals surface area contributed by atoms with E-state index in [0.717, 1.165) is 88.6 Å². The zero-order valence-corrected chi connectivity index (χ0v) is 21.5. The number of nitrogens with one attached hydrogen (secondary N) is 1. The molecule has 2 fully saturated rings. The maximum Gasteiger partial charge on any atom is 0.573 e. The molecule has 2 aromatic rings. The zero-order valence-electron chi connectivity index (χ0n) is 21.5. The van der Waals surface area contributed by atoms with Crippen LogP contribution in [0, 0.1) is 0 Å². The summed E-state index contributed by atoms with van der Waals surface area (Å²) in [6.07, 6.45) is -6.46. The average molecular weight is 561 g/mol. The number of halogens is 6. The van der Waals surface area contributed by atoms with Crippen molar-refractivity contribution in [3.05, 3.63) is 54.1 Å². The highest BCUT2D eigenvalue weighted by molar-refractivity contribution is 5.49. The summed E-state index contributed by atoms with van der Waals surface area (Å²) in [4.78, 5) is 6.46. The van der Waals surface area contributed by atoms with E-state index >= 15 is 0 Å². The molecule has 6 nitrogen and oxygen atoms in total. The van der Waals surface area contributed by atoms with E-state index in [0.29, 0.717) is 6.42 Å². The molecule has 0 aromatic heterocycles. The van der Waals surface area contributed by atoms with E-state index in [1.54, 1.807) is 12.1 Å². The summed E-state index contributed by atoms with van der Waals surface area (Å²) in [5.74, 6) is -0.257. The molecule has 216 valence electrons. The monoisotopic (exact) mass is 560 g/mol. The van der Waals surface area contributed by atoms with Gasteiger partial charge in [0.05, 0.1) is 5.56 Å². The quantitative estimate of drug-likeness (QED) is 0.401. The Kier molecular flexibility index (Phi) is 9.50. The number of alkyl halides is 6. The van der Waals surface area contributed by atoms with Crippen molar-refractivity contribution in [2.45, 2.75) is 50.5 Å². The molecule has 2 aromatic carbocycles. The van der Waals surface area contributed by atoms with Crippen molar-refractivity contribution in [3.63, 3.8) is 0 Å². The Morgan fingerprint density at radius 3 is 2.03 bits per heavy atom. The van der Waals surface area contributed by atoms with E-state index in [-0.39, 0.29) is 11.8 Å². The first-order valence-electron chi connectivity index (χ1n) is 13.2. The summed E-state index contributed by atoms with van der Waals surface area (Å²) in [7, 11) is 0. The first kappa shape index (κ1) is 29.3. The molecule has 2 aliphatic rings. The molecule has 12 heteroatoms. The van der Waals surface area contributed by atoms with Crippen LogP contribution in [0.1, 0.15) is 31.2 Å². The van der Waals surface area contributed by atoms with Gasteiger partial charge >= 0.3 is 12.5 Å². The largest absolute Gasteiger partial charge is 0.573 e. The number of aliphatic hydroxyl groups is 1. The maximum atomic E-state index is 12.8. The third kappa shape index (κ3) is 8.91. The number of aliphatic hydroxyl groups excluding tert-OH is 1. The Hall–Kier alpha value is -2.70. The minimum absolute atomic E-state index is 0.170. The number of rotatable bonds is 9. The standard InChI is InChI=1S/C27H34F6N4O2/c28-26(29,30)20-3-7-23(8-4-20)36-18-16-35(17-19-36)13-1-2-25(38)37-14-11-22(12-15-37)34-21-5-9-24(10-6-21)39-27(31,32)33/h3-10,22,25,34,38H,1-2,11-19H2. The highest BCUT2D eigenvalue weighted by atomic mass is 19.4. The highest BCUT2D eigenvalue weighted by Crippen LogP contribution is 2.31. The lowest BCUT2D eigenvalue weighted by Crippen LogP contribution is -2.47. The first-order chi connectivity index (χ1) is 18.5. The number of benzene rings is 2. The fraction of sp³-hybridized carbons (Fsp3) is 0.556. The molecular weight excluding hydrogens is 526 g/mol. The number of nitrogens with zero attached hydrogens (tertiary/aromatic N) is 3. The van der Waals surface area contributed by atoms with Crippen LogP contribution in [0.2, 0.25) is 0 Å². The maximum absolute atomic E-state index is 12.8. The summed E-state index contributed by atoms with van der Waals surface area (Å²) >= 11 is 0. The molecular formula is C27H34F6N4O2. The van der Waals surface area contributed by atoms with Crippen molar-refractivity contribution >= 4 is 11.4 Å². The second-order valence-electron chi connectivity index (χ2n) is 10.0. The Bertz CT molecular complexity index is 1020. The summed E-state index contributed by atoms with van der Waals surface area (Å²) in [5.41, 5.74) is 0.877. The fourth-order valence-corrected chi connectivity index (χ4v) is 5.10. The minimum Gasteiger partial charge on any atom is -0.406 e. The first-order valence-corrected chi connectivity index (χ1v) is 13.2. The smallest absolute Gasteiger partial charge is 0.406 e. The van der Waals surface area contributed by atoms with Crippen LogP contribution in [0.3, 0.4) is 0 Å². The molecule has 2 aliphatic heterocycles. The van der Waals surface area contributed by atoms with Crippen LogP contribution in [-0.4, -0.2) is 79.4 Å². The van der Waals surface area contributed by atoms with Gasteiger partial charge in [-0.05, 0) is 80.8 Å². The normalized spacial score (nSPS) is 19.2. The number of ether oxygens (including phenoxy) is 1. The van der Waals surface area contributed by atoms with Gasteiger partial charge in [0.15, 0.2) is 0 Å². The predicted molar refractivity (Wildman–Crippen MR) is 137 cm³/mol. The van der Waals surface area contributed by atoms with Crippen LogP contribution in [-0.2, 0) is 6.18 Å². The van der Waals surface area contributed by atoms with Gasteiger partial charge < -0.3 is 20.1 Å². The van der Waals surface area contributed by atoms with Crippen LogP contribution < -0.4 is 15.0 Å². The lowest BCUT2D eigenvalue weighted by molar-refractivity contribution is -0.274. The van der Waals surface area contributed by atoms with Gasteiger partial charge in [0, 0.05) is 56.7 Å². The number of likely N-dealkylation sites (tertiary alicyclic amines) is 1. The molecule has 1 unspecified atom stereocenters. The molecule has 0 amide bonds. The Morgan fingerprint density at radius 2 is 1.46 bits per heavy atom. The number of hydrogen-bond donors (Lipinski definition) is 2. The summed E-state index contributed by atoms with van der Waals surface area (Å²) < 4.78 is 79.2. The van der Waals surface area contributed by atoms with Gasteiger partial charge in [-0.2, -0.15) is 13.2 Å². The lowest BCUT2D eigenvalue weighted by Gasteiger charge is -2.37. The van der Waals surface area contributed by atoms with E-state index < -0.39 is 24.3 Å². The molecule has 0 spiro atoms. The summed E-state index contributed by atoms with van der Waals surface area (Å²) in [5, 5.41) is 14.0. The Balaban J connectivity index is 1.11. The number of anilines is 2. The van der Waals surface area contributed by atoms with Crippen LogP contribution >= 0.6 is 0 Å². The van der Waals surface area contributed by atoms with Crippen molar-refractivity contribution in [2.24, 2.45) is 0 Å². The summed E-state index contributed by atoms with van der Waals surface area (Å²) in [6.45, 7) is 5.41. The van der Waals surface area contributed by atoms with E-state index in [1.165, 1.54) is 24.3 Å². The second kappa shape index (κ2) is 12.6. The molecule has 4 rings (SSSR count). The molecule has 1 atom stereocenters. The molecule has 39 heavy (non-hydrogen) atoms. The SMILES string of the molecule is OC(CCCN1CCN(c2ccc(C(F)(F)F)cc2)CC1)N1CCC(Nc2ccc(OC(F)(F)F)cc2)CC1. The molecule has 2 saturated heterocycles. The molecule has 0 radical (unpaired) electrons. The molecule has 2 heterocycles. The third-order valence-corrected chi connectivity index (χ3v) is 7.28. The number of piperidine rings is 1. The van der Waals surface area contributed by atoms with E-state index in [9.17, 15) is 31.4 Å². The van der Waals surface area contributed by atoms with Crippen LogP contribution in [0.25, 0.3) is 0 Å². The minimum atomic E-state index is -4.71. The second-order valence-corrected chi connectivity index (χ2v) is 10.0.